The third-order valence-corrected chi connectivity index (χ3v) is 5.81. The van der Waals surface area contributed by atoms with Crippen LogP contribution in [-0.2, 0) is 6.42 Å². The van der Waals surface area contributed by atoms with Crippen LogP contribution >= 0.6 is 39.7 Å². The fourth-order valence-corrected chi connectivity index (χ4v) is 3.97. The Balaban J connectivity index is 1.51. The number of benzene rings is 2. The number of furan rings is 1. The van der Waals surface area contributed by atoms with E-state index in [-0.39, 0.29) is 6.04 Å². The zero-order valence-corrected chi connectivity index (χ0v) is 18.7. The van der Waals surface area contributed by atoms with Crippen LogP contribution in [0.4, 0.5) is 0 Å². The minimum atomic E-state index is -0.127. The van der Waals surface area contributed by atoms with E-state index in [0.717, 1.165) is 34.5 Å². The van der Waals surface area contributed by atoms with Gasteiger partial charge in [0.1, 0.15) is 11.8 Å². The van der Waals surface area contributed by atoms with Crippen LogP contribution in [0.1, 0.15) is 29.3 Å². The molecule has 1 unspecified atom stereocenters. The van der Waals surface area contributed by atoms with E-state index in [1.54, 1.807) is 6.07 Å². The highest BCUT2D eigenvalue weighted by Crippen LogP contribution is 2.34. The molecule has 0 fully saturated rings. The molecule has 0 saturated carbocycles. The minimum absolute atomic E-state index is 0.127. The van der Waals surface area contributed by atoms with Gasteiger partial charge >= 0.3 is 0 Å². The van der Waals surface area contributed by atoms with E-state index in [2.05, 4.69) is 33.4 Å². The SMILES string of the molecule is S=C(NCCc1ccccc1)N1N=C(c2ccc(Br)cc2)CC1c1ccc(Cl)o1. The lowest BCUT2D eigenvalue weighted by atomic mass is 10.0. The molecule has 4 nitrogen and oxygen atoms in total. The maximum Gasteiger partial charge on any atom is 0.193 e. The van der Waals surface area contributed by atoms with Gasteiger partial charge in [0.25, 0.3) is 0 Å². The summed E-state index contributed by atoms with van der Waals surface area (Å²) in [5.41, 5.74) is 3.28. The van der Waals surface area contributed by atoms with Crippen LogP contribution in [0.15, 0.2) is 80.7 Å². The fourth-order valence-electron chi connectivity index (χ4n) is 3.28. The van der Waals surface area contributed by atoms with Crippen molar-refractivity contribution in [2.24, 2.45) is 5.10 Å². The van der Waals surface area contributed by atoms with E-state index in [1.807, 2.05) is 53.5 Å². The number of hydrogen-bond donors (Lipinski definition) is 1. The van der Waals surface area contributed by atoms with E-state index in [0.29, 0.717) is 16.8 Å². The maximum absolute atomic E-state index is 6.01. The quantitative estimate of drug-likeness (QED) is 0.450. The second-order valence-electron chi connectivity index (χ2n) is 6.73. The monoisotopic (exact) mass is 487 g/mol. The highest BCUT2D eigenvalue weighted by Gasteiger charge is 2.33. The molecule has 7 heteroatoms. The zero-order chi connectivity index (χ0) is 20.2. The second kappa shape index (κ2) is 9.11. The lowest BCUT2D eigenvalue weighted by Crippen LogP contribution is -2.37. The van der Waals surface area contributed by atoms with Gasteiger partial charge in [0, 0.05) is 17.4 Å². The molecule has 4 rings (SSSR count). The van der Waals surface area contributed by atoms with E-state index in [9.17, 15) is 0 Å². The summed E-state index contributed by atoms with van der Waals surface area (Å²) in [6.45, 7) is 0.730. The van der Waals surface area contributed by atoms with Crippen LogP contribution in [0.5, 0.6) is 0 Å². The summed E-state index contributed by atoms with van der Waals surface area (Å²) in [5.74, 6) is 0.748. The molecule has 0 saturated heterocycles. The first-order valence-electron chi connectivity index (χ1n) is 9.30. The molecule has 1 N–H and O–H groups in total. The average Bonchev–Trinajstić information content (AvgIpc) is 3.36. The van der Waals surface area contributed by atoms with Gasteiger partial charge in [-0.15, -0.1) is 0 Å². The zero-order valence-electron chi connectivity index (χ0n) is 15.5. The predicted molar refractivity (Wildman–Crippen MR) is 124 cm³/mol. The summed E-state index contributed by atoms with van der Waals surface area (Å²) in [4.78, 5) is 0. The van der Waals surface area contributed by atoms with Crippen LogP contribution in [0, 0.1) is 0 Å². The van der Waals surface area contributed by atoms with Crippen molar-refractivity contribution in [1.29, 1.82) is 0 Å². The van der Waals surface area contributed by atoms with Gasteiger partial charge in [0.15, 0.2) is 10.3 Å². The minimum Gasteiger partial charge on any atom is -0.447 e. The lowest BCUT2D eigenvalue weighted by Gasteiger charge is -2.23. The molecule has 0 radical (unpaired) electrons. The Morgan fingerprint density at radius 2 is 1.90 bits per heavy atom. The number of nitrogens with zero attached hydrogens (tertiary/aromatic N) is 2. The molecule has 1 aliphatic heterocycles. The standard InChI is InChI=1S/C22H19BrClN3OS/c23-17-8-6-16(7-9-17)18-14-19(20-10-11-21(24)28-20)27(26-18)22(29)25-13-12-15-4-2-1-3-5-15/h1-11,19H,12-14H2,(H,25,29). The first-order valence-corrected chi connectivity index (χ1v) is 10.9. The van der Waals surface area contributed by atoms with Gasteiger partial charge in [-0.2, -0.15) is 5.10 Å². The predicted octanol–water partition coefficient (Wildman–Crippen LogP) is 5.96. The van der Waals surface area contributed by atoms with Crippen LogP contribution in [0.2, 0.25) is 5.22 Å². The van der Waals surface area contributed by atoms with Crippen molar-refractivity contribution >= 4 is 50.6 Å². The van der Waals surface area contributed by atoms with Crippen molar-refractivity contribution < 1.29 is 4.42 Å². The first-order chi connectivity index (χ1) is 14.1. The molecule has 0 bridgehead atoms. The number of hydrazone groups is 1. The van der Waals surface area contributed by atoms with Gasteiger partial charge < -0.3 is 9.73 Å². The molecule has 2 heterocycles. The Bertz CT molecular complexity index is 1020. The van der Waals surface area contributed by atoms with Crippen LogP contribution in [0.3, 0.4) is 0 Å². The number of thiocarbonyl (C=S) groups is 1. The summed E-state index contributed by atoms with van der Waals surface area (Å²) >= 11 is 15.2. The fraction of sp³-hybridized carbons (Fsp3) is 0.182. The van der Waals surface area contributed by atoms with Crippen LogP contribution < -0.4 is 5.32 Å². The molecule has 0 spiro atoms. The van der Waals surface area contributed by atoms with Crippen molar-refractivity contribution in [3.05, 3.63) is 93.3 Å². The van der Waals surface area contributed by atoms with Gasteiger partial charge in [-0.25, -0.2) is 5.01 Å². The molecule has 1 aromatic heterocycles. The largest absolute Gasteiger partial charge is 0.447 e. The van der Waals surface area contributed by atoms with Gasteiger partial charge in [0.2, 0.25) is 0 Å². The smallest absolute Gasteiger partial charge is 0.193 e. The Labute approximate surface area is 188 Å². The highest BCUT2D eigenvalue weighted by atomic mass is 79.9. The molecule has 3 aromatic rings. The van der Waals surface area contributed by atoms with Crippen LogP contribution in [-0.4, -0.2) is 22.4 Å². The first kappa shape index (κ1) is 20.1. The Hall–Kier alpha value is -2.15. The Morgan fingerprint density at radius 3 is 2.59 bits per heavy atom. The summed E-state index contributed by atoms with van der Waals surface area (Å²) < 4.78 is 6.71. The van der Waals surface area contributed by atoms with Crippen molar-refractivity contribution in [2.45, 2.75) is 18.9 Å². The normalized spacial score (nSPS) is 16.0. The molecule has 2 aromatic carbocycles. The van der Waals surface area contributed by atoms with E-state index in [4.69, 9.17) is 33.3 Å². The Morgan fingerprint density at radius 1 is 1.14 bits per heavy atom. The summed E-state index contributed by atoms with van der Waals surface area (Å²) in [6, 6.07) is 21.9. The van der Waals surface area contributed by atoms with E-state index < -0.39 is 0 Å². The van der Waals surface area contributed by atoms with Crippen LogP contribution in [0.25, 0.3) is 0 Å². The van der Waals surface area contributed by atoms with Gasteiger partial charge in [-0.1, -0.05) is 58.4 Å². The maximum atomic E-state index is 6.01. The lowest BCUT2D eigenvalue weighted by molar-refractivity contribution is 0.311. The molecule has 148 valence electrons. The topological polar surface area (TPSA) is 40.8 Å². The third-order valence-electron chi connectivity index (χ3n) is 4.75. The van der Waals surface area contributed by atoms with E-state index >= 15 is 0 Å². The summed E-state index contributed by atoms with van der Waals surface area (Å²) in [5, 5.41) is 10.9. The number of nitrogens with one attached hydrogen (secondary N) is 1. The summed E-state index contributed by atoms with van der Waals surface area (Å²) in [6.07, 6.45) is 1.57. The van der Waals surface area contributed by atoms with Crippen molar-refractivity contribution in [2.75, 3.05) is 6.54 Å². The molecule has 0 aliphatic carbocycles. The average molecular weight is 489 g/mol. The van der Waals surface area contributed by atoms with Gasteiger partial charge in [0.05, 0.1) is 5.71 Å². The van der Waals surface area contributed by atoms with Crippen molar-refractivity contribution in [1.82, 2.24) is 10.3 Å². The van der Waals surface area contributed by atoms with Crippen molar-refractivity contribution in [3.8, 4) is 0 Å². The highest BCUT2D eigenvalue weighted by molar-refractivity contribution is 9.10. The van der Waals surface area contributed by atoms with Gasteiger partial charge in [-0.05, 0) is 65.6 Å². The molecule has 0 amide bonds. The third kappa shape index (κ3) is 4.89. The Kier molecular flexibility index (Phi) is 6.33. The molecule has 29 heavy (non-hydrogen) atoms. The molecular weight excluding hydrogens is 470 g/mol. The second-order valence-corrected chi connectivity index (χ2v) is 8.40. The number of hydrogen-bond acceptors (Lipinski definition) is 3. The van der Waals surface area contributed by atoms with E-state index in [1.165, 1.54) is 5.56 Å². The number of halogens is 2. The van der Waals surface area contributed by atoms with Gasteiger partial charge in [-0.3, -0.25) is 0 Å². The molecule has 1 aliphatic rings. The molecular formula is C22H19BrClN3OS. The summed E-state index contributed by atoms with van der Waals surface area (Å²) in [7, 11) is 0. The van der Waals surface area contributed by atoms with Crippen molar-refractivity contribution in [3.63, 3.8) is 0 Å². The molecule has 1 atom stereocenters. The number of rotatable bonds is 5.